The van der Waals surface area contributed by atoms with E-state index in [4.69, 9.17) is 4.42 Å². The molecular formula is C23H29N5O3. The average Bonchev–Trinajstić information content (AvgIpc) is 3.42. The van der Waals surface area contributed by atoms with Crippen LogP contribution < -0.4 is 10.9 Å². The second-order valence-electron chi connectivity index (χ2n) is 8.36. The summed E-state index contributed by atoms with van der Waals surface area (Å²) in [5, 5.41) is 7.54. The quantitative estimate of drug-likeness (QED) is 0.584. The highest BCUT2D eigenvalue weighted by Gasteiger charge is 2.27. The third-order valence-corrected chi connectivity index (χ3v) is 5.98. The third kappa shape index (κ3) is 4.95. The number of furan rings is 1. The van der Waals surface area contributed by atoms with Gasteiger partial charge in [-0.1, -0.05) is 26.2 Å². The number of amides is 1. The number of carbonyl (C=O) groups is 1. The van der Waals surface area contributed by atoms with E-state index in [2.05, 4.69) is 27.3 Å². The number of aromatic nitrogens is 4. The van der Waals surface area contributed by atoms with E-state index in [1.807, 2.05) is 0 Å². The summed E-state index contributed by atoms with van der Waals surface area (Å²) in [6.45, 7) is 3.96. The zero-order valence-electron chi connectivity index (χ0n) is 18.1. The van der Waals surface area contributed by atoms with Crippen molar-refractivity contribution in [2.45, 2.75) is 58.8 Å². The molecule has 1 saturated carbocycles. The fourth-order valence-corrected chi connectivity index (χ4v) is 4.27. The number of anilines is 1. The second-order valence-corrected chi connectivity index (χ2v) is 8.36. The molecule has 164 valence electrons. The van der Waals surface area contributed by atoms with E-state index in [-0.39, 0.29) is 23.3 Å². The van der Waals surface area contributed by atoms with Crippen LogP contribution in [-0.2, 0) is 4.79 Å². The lowest BCUT2D eigenvalue weighted by Gasteiger charge is -2.27. The monoisotopic (exact) mass is 423 g/mol. The van der Waals surface area contributed by atoms with Gasteiger partial charge in [-0.2, -0.15) is 9.78 Å². The number of rotatable bonds is 7. The van der Waals surface area contributed by atoms with Gasteiger partial charge in [-0.25, -0.2) is 4.98 Å². The van der Waals surface area contributed by atoms with Gasteiger partial charge < -0.3 is 9.73 Å². The van der Waals surface area contributed by atoms with Gasteiger partial charge in [0, 0.05) is 23.7 Å². The average molecular weight is 424 g/mol. The molecule has 0 unspecified atom stereocenters. The molecule has 8 heteroatoms. The Hall–Kier alpha value is -3.16. The van der Waals surface area contributed by atoms with Gasteiger partial charge in [-0.15, -0.1) is 0 Å². The van der Waals surface area contributed by atoms with Crippen molar-refractivity contribution < 1.29 is 9.21 Å². The number of nitrogens with one attached hydrogen (secondary N) is 2. The Bertz CT molecular complexity index is 1080. The molecule has 1 amide bonds. The third-order valence-electron chi connectivity index (χ3n) is 5.98. The van der Waals surface area contributed by atoms with E-state index in [0.29, 0.717) is 23.0 Å². The van der Waals surface area contributed by atoms with Crippen LogP contribution in [0.25, 0.3) is 17.4 Å². The number of hydrogen-bond donors (Lipinski definition) is 2. The van der Waals surface area contributed by atoms with Crippen molar-refractivity contribution >= 4 is 11.7 Å². The Morgan fingerprint density at radius 1 is 1.29 bits per heavy atom. The first-order chi connectivity index (χ1) is 15.0. The van der Waals surface area contributed by atoms with Crippen LogP contribution in [0.1, 0.15) is 57.6 Å². The van der Waals surface area contributed by atoms with Crippen LogP contribution in [0.2, 0.25) is 0 Å². The summed E-state index contributed by atoms with van der Waals surface area (Å²) in [7, 11) is 0. The van der Waals surface area contributed by atoms with Crippen LogP contribution >= 0.6 is 0 Å². The van der Waals surface area contributed by atoms with Crippen LogP contribution in [0.3, 0.4) is 0 Å². The van der Waals surface area contributed by atoms with Crippen molar-refractivity contribution in [1.82, 2.24) is 19.7 Å². The van der Waals surface area contributed by atoms with Gasteiger partial charge in [0.15, 0.2) is 5.76 Å². The molecule has 0 radical (unpaired) electrons. The standard InChI is InChI=1S/C23H29N5O3/c1-3-4-6-16-8-10-17(11-9-16)22(30)25-20-14-18(19-7-5-12-31-19)27-28(20)23-24-15(2)13-21(29)26-23/h5,7,12-14,16-17H,3-4,6,8-11H2,1-2H3,(H,25,30)(H,24,26,29). The highest BCUT2D eigenvalue weighted by Crippen LogP contribution is 2.33. The number of H-pyrrole nitrogens is 1. The molecule has 31 heavy (non-hydrogen) atoms. The Kier molecular flexibility index (Phi) is 6.34. The van der Waals surface area contributed by atoms with E-state index in [9.17, 15) is 9.59 Å². The van der Waals surface area contributed by atoms with Crippen molar-refractivity contribution in [3.8, 4) is 17.4 Å². The zero-order valence-corrected chi connectivity index (χ0v) is 18.1. The Labute approximate surface area is 181 Å². The Morgan fingerprint density at radius 3 is 2.77 bits per heavy atom. The molecule has 0 spiro atoms. The SMILES string of the molecule is CCCCC1CCC(C(=O)Nc2cc(-c3ccco3)nn2-c2nc(C)cc(=O)[nH]2)CC1. The summed E-state index contributed by atoms with van der Waals surface area (Å²) in [6, 6.07) is 6.72. The number of unbranched alkanes of at least 4 members (excludes halogenated alkanes) is 1. The van der Waals surface area contributed by atoms with Crippen LogP contribution in [0, 0.1) is 18.8 Å². The van der Waals surface area contributed by atoms with Gasteiger partial charge in [0.1, 0.15) is 11.5 Å². The molecule has 3 aromatic heterocycles. The smallest absolute Gasteiger partial charge is 0.252 e. The van der Waals surface area contributed by atoms with Crippen molar-refractivity contribution in [3.63, 3.8) is 0 Å². The molecule has 0 aliphatic heterocycles. The summed E-state index contributed by atoms with van der Waals surface area (Å²) >= 11 is 0. The molecule has 8 nitrogen and oxygen atoms in total. The topological polar surface area (TPSA) is 106 Å². The molecule has 3 heterocycles. The summed E-state index contributed by atoms with van der Waals surface area (Å²) in [6.07, 6.45) is 9.31. The van der Waals surface area contributed by atoms with Crippen LogP contribution in [0.4, 0.5) is 5.82 Å². The lowest BCUT2D eigenvalue weighted by atomic mass is 9.79. The normalized spacial score (nSPS) is 18.8. The molecule has 4 rings (SSSR count). The number of aromatic amines is 1. The lowest BCUT2D eigenvalue weighted by Crippen LogP contribution is -2.28. The van der Waals surface area contributed by atoms with Crippen molar-refractivity contribution in [3.05, 3.63) is 46.6 Å². The number of hydrogen-bond acceptors (Lipinski definition) is 5. The van der Waals surface area contributed by atoms with E-state index >= 15 is 0 Å². The first-order valence-corrected chi connectivity index (χ1v) is 11.1. The van der Waals surface area contributed by atoms with Gasteiger partial charge in [0.25, 0.3) is 5.56 Å². The zero-order chi connectivity index (χ0) is 21.8. The molecule has 0 aromatic carbocycles. The summed E-state index contributed by atoms with van der Waals surface area (Å²) in [4.78, 5) is 32.1. The molecule has 2 N–H and O–H groups in total. The molecule has 3 aromatic rings. The van der Waals surface area contributed by atoms with E-state index in [1.54, 1.807) is 31.4 Å². The molecule has 0 saturated heterocycles. The maximum atomic E-state index is 13.0. The van der Waals surface area contributed by atoms with Gasteiger partial charge in [0.2, 0.25) is 11.9 Å². The number of aryl methyl sites for hydroxylation is 1. The second kappa shape index (κ2) is 9.32. The van der Waals surface area contributed by atoms with Gasteiger partial charge in [-0.3, -0.25) is 14.6 Å². The molecule has 1 fully saturated rings. The fraction of sp³-hybridized carbons (Fsp3) is 0.478. The summed E-state index contributed by atoms with van der Waals surface area (Å²) in [5.74, 6) is 1.98. The maximum absolute atomic E-state index is 13.0. The van der Waals surface area contributed by atoms with Gasteiger partial charge in [-0.05, 0) is 50.7 Å². The molecule has 0 atom stereocenters. The van der Waals surface area contributed by atoms with E-state index in [1.165, 1.54) is 30.0 Å². The fourth-order valence-electron chi connectivity index (χ4n) is 4.27. The molecule has 0 bridgehead atoms. The lowest BCUT2D eigenvalue weighted by molar-refractivity contribution is -0.121. The van der Waals surface area contributed by atoms with Gasteiger partial charge in [0.05, 0.1) is 6.26 Å². The maximum Gasteiger partial charge on any atom is 0.252 e. The minimum Gasteiger partial charge on any atom is -0.463 e. The predicted octanol–water partition coefficient (Wildman–Crippen LogP) is 4.46. The summed E-state index contributed by atoms with van der Waals surface area (Å²) in [5.41, 5.74) is 0.837. The number of carbonyl (C=O) groups excluding carboxylic acids is 1. The molecular weight excluding hydrogens is 394 g/mol. The van der Waals surface area contributed by atoms with E-state index < -0.39 is 0 Å². The number of nitrogens with zero attached hydrogens (tertiary/aromatic N) is 3. The molecule has 1 aliphatic rings. The highest BCUT2D eigenvalue weighted by atomic mass is 16.3. The van der Waals surface area contributed by atoms with Crippen LogP contribution in [-0.4, -0.2) is 25.7 Å². The van der Waals surface area contributed by atoms with Gasteiger partial charge >= 0.3 is 0 Å². The molecule has 1 aliphatic carbocycles. The Balaban J connectivity index is 1.56. The minimum absolute atomic E-state index is 0.0159. The van der Waals surface area contributed by atoms with Crippen LogP contribution in [0.15, 0.2) is 39.7 Å². The minimum atomic E-state index is -0.278. The highest BCUT2D eigenvalue weighted by molar-refractivity contribution is 5.92. The largest absolute Gasteiger partial charge is 0.463 e. The van der Waals surface area contributed by atoms with Crippen molar-refractivity contribution in [1.29, 1.82) is 0 Å². The predicted molar refractivity (Wildman–Crippen MR) is 118 cm³/mol. The van der Waals surface area contributed by atoms with E-state index in [0.717, 1.165) is 31.6 Å². The van der Waals surface area contributed by atoms with Crippen LogP contribution in [0.5, 0.6) is 0 Å². The van der Waals surface area contributed by atoms with Crippen molar-refractivity contribution in [2.24, 2.45) is 11.8 Å². The first-order valence-electron chi connectivity index (χ1n) is 11.1. The first kappa shape index (κ1) is 21.1. The summed E-state index contributed by atoms with van der Waals surface area (Å²) < 4.78 is 6.91. The Morgan fingerprint density at radius 2 is 2.10 bits per heavy atom. The van der Waals surface area contributed by atoms with Crippen molar-refractivity contribution in [2.75, 3.05) is 5.32 Å².